The summed E-state index contributed by atoms with van der Waals surface area (Å²) in [5.41, 5.74) is 0.927. The van der Waals surface area contributed by atoms with E-state index in [1.54, 1.807) is 24.4 Å². The van der Waals surface area contributed by atoms with Crippen molar-refractivity contribution in [2.45, 2.75) is 26.3 Å². The number of amides is 1. The van der Waals surface area contributed by atoms with Gasteiger partial charge in [-0.25, -0.2) is 14.4 Å². The van der Waals surface area contributed by atoms with E-state index in [0.717, 1.165) is 24.9 Å². The van der Waals surface area contributed by atoms with Gasteiger partial charge in [-0.05, 0) is 55.7 Å². The SMILES string of the molecule is CCNC(=NCc1ccnc(Oc2ccc(F)cc2)c1)NCCNC(=O)C1CC1.I. The molecule has 0 bridgehead atoms. The molecular weight excluding hydrogens is 500 g/mol. The van der Waals surface area contributed by atoms with E-state index in [1.165, 1.54) is 12.1 Å². The van der Waals surface area contributed by atoms with Crippen molar-refractivity contribution >= 4 is 35.8 Å². The Morgan fingerprint density at radius 1 is 1.17 bits per heavy atom. The molecule has 0 aliphatic heterocycles. The lowest BCUT2D eigenvalue weighted by Gasteiger charge is -2.12. The maximum absolute atomic E-state index is 13.0. The van der Waals surface area contributed by atoms with Crippen LogP contribution in [-0.2, 0) is 11.3 Å². The first-order valence-corrected chi connectivity index (χ1v) is 9.82. The van der Waals surface area contributed by atoms with Gasteiger partial charge in [-0.3, -0.25) is 4.79 Å². The highest BCUT2D eigenvalue weighted by atomic mass is 127. The molecular formula is C21H27FIN5O2. The van der Waals surface area contributed by atoms with Crippen LogP contribution < -0.4 is 20.7 Å². The van der Waals surface area contributed by atoms with Crippen molar-refractivity contribution in [2.24, 2.45) is 10.9 Å². The summed E-state index contributed by atoms with van der Waals surface area (Å²) in [5.74, 6) is 1.65. The summed E-state index contributed by atoms with van der Waals surface area (Å²) in [6, 6.07) is 9.44. The van der Waals surface area contributed by atoms with Crippen LogP contribution in [0.2, 0.25) is 0 Å². The molecule has 1 aromatic carbocycles. The van der Waals surface area contributed by atoms with Gasteiger partial charge in [0.15, 0.2) is 5.96 Å². The summed E-state index contributed by atoms with van der Waals surface area (Å²) in [6.07, 6.45) is 3.65. The third kappa shape index (κ3) is 8.13. The third-order valence-electron chi connectivity index (χ3n) is 4.26. The van der Waals surface area contributed by atoms with Gasteiger partial charge in [0.05, 0.1) is 6.54 Å². The van der Waals surface area contributed by atoms with Crippen molar-refractivity contribution in [3.05, 3.63) is 54.0 Å². The van der Waals surface area contributed by atoms with E-state index in [-0.39, 0.29) is 41.6 Å². The number of halogens is 2. The van der Waals surface area contributed by atoms with Crippen LogP contribution >= 0.6 is 24.0 Å². The second-order valence-electron chi connectivity index (χ2n) is 6.75. The van der Waals surface area contributed by atoms with Gasteiger partial charge in [0, 0.05) is 37.8 Å². The van der Waals surface area contributed by atoms with Crippen molar-refractivity contribution in [3.8, 4) is 11.6 Å². The molecule has 1 saturated carbocycles. The van der Waals surface area contributed by atoms with Crippen LogP contribution in [-0.4, -0.2) is 36.5 Å². The molecule has 3 rings (SSSR count). The number of nitrogens with zero attached hydrogens (tertiary/aromatic N) is 2. The van der Waals surface area contributed by atoms with Crippen LogP contribution in [0.1, 0.15) is 25.3 Å². The summed E-state index contributed by atoms with van der Waals surface area (Å²) in [5, 5.41) is 9.30. The van der Waals surface area contributed by atoms with Gasteiger partial charge >= 0.3 is 0 Å². The van der Waals surface area contributed by atoms with Crippen LogP contribution in [0.5, 0.6) is 11.6 Å². The summed E-state index contributed by atoms with van der Waals surface area (Å²) in [6.45, 7) is 4.32. The smallest absolute Gasteiger partial charge is 0.223 e. The Morgan fingerprint density at radius 3 is 2.60 bits per heavy atom. The number of carbonyl (C=O) groups is 1. The topological polar surface area (TPSA) is 87.6 Å². The molecule has 0 saturated heterocycles. The molecule has 9 heteroatoms. The predicted octanol–water partition coefficient (Wildman–Crippen LogP) is 3.21. The molecule has 0 atom stereocenters. The Hall–Kier alpha value is -2.43. The molecule has 162 valence electrons. The zero-order valence-electron chi connectivity index (χ0n) is 16.9. The second kappa shape index (κ2) is 12.3. The molecule has 30 heavy (non-hydrogen) atoms. The first-order valence-electron chi connectivity index (χ1n) is 9.82. The average molecular weight is 527 g/mol. The quantitative estimate of drug-likeness (QED) is 0.202. The largest absolute Gasteiger partial charge is 0.439 e. The number of rotatable bonds is 9. The fourth-order valence-electron chi connectivity index (χ4n) is 2.60. The number of aromatic nitrogens is 1. The molecule has 0 unspecified atom stereocenters. The fraction of sp³-hybridized carbons (Fsp3) is 0.381. The monoisotopic (exact) mass is 527 g/mol. The zero-order valence-corrected chi connectivity index (χ0v) is 19.2. The van der Waals surface area contributed by atoms with Gasteiger partial charge in [0.2, 0.25) is 11.8 Å². The highest BCUT2D eigenvalue weighted by Gasteiger charge is 2.28. The number of carbonyl (C=O) groups excluding carboxylic acids is 1. The zero-order chi connectivity index (χ0) is 20.5. The predicted molar refractivity (Wildman–Crippen MR) is 125 cm³/mol. The molecule has 3 N–H and O–H groups in total. The summed E-state index contributed by atoms with van der Waals surface area (Å²) in [4.78, 5) is 20.4. The molecule has 2 aromatic rings. The first kappa shape index (κ1) is 23.8. The molecule has 1 fully saturated rings. The molecule has 7 nitrogen and oxygen atoms in total. The number of guanidine groups is 1. The van der Waals surface area contributed by atoms with Gasteiger partial charge in [-0.2, -0.15) is 0 Å². The third-order valence-corrected chi connectivity index (χ3v) is 4.26. The summed E-state index contributed by atoms with van der Waals surface area (Å²) >= 11 is 0. The lowest BCUT2D eigenvalue weighted by Crippen LogP contribution is -2.41. The number of pyridine rings is 1. The molecule has 1 heterocycles. The Balaban J connectivity index is 0.00000320. The second-order valence-corrected chi connectivity index (χ2v) is 6.75. The van der Waals surface area contributed by atoms with Crippen molar-refractivity contribution < 1.29 is 13.9 Å². The minimum atomic E-state index is -0.316. The van der Waals surface area contributed by atoms with Crippen molar-refractivity contribution in [1.82, 2.24) is 20.9 Å². The van der Waals surface area contributed by atoms with Gasteiger partial charge < -0.3 is 20.7 Å². The Bertz CT molecular complexity index is 844. The molecule has 1 amide bonds. The highest BCUT2D eigenvalue weighted by Crippen LogP contribution is 2.28. The normalized spacial score (nSPS) is 13.2. The van der Waals surface area contributed by atoms with Gasteiger partial charge in [-0.1, -0.05) is 0 Å². The molecule has 0 spiro atoms. The van der Waals surface area contributed by atoms with Gasteiger partial charge in [-0.15, -0.1) is 24.0 Å². The number of ether oxygens (including phenoxy) is 1. The number of hydrogen-bond acceptors (Lipinski definition) is 4. The van der Waals surface area contributed by atoms with E-state index in [2.05, 4.69) is 25.9 Å². The minimum absolute atomic E-state index is 0. The Labute approximate surface area is 192 Å². The summed E-state index contributed by atoms with van der Waals surface area (Å²) in [7, 11) is 0. The van der Waals surface area contributed by atoms with E-state index < -0.39 is 0 Å². The van der Waals surface area contributed by atoms with E-state index in [9.17, 15) is 9.18 Å². The first-order chi connectivity index (χ1) is 14.1. The number of aliphatic imine (C=N–C) groups is 1. The molecule has 1 aliphatic carbocycles. The maximum atomic E-state index is 13.0. The van der Waals surface area contributed by atoms with Crippen LogP contribution in [0.25, 0.3) is 0 Å². The lowest BCUT2D eigenvalue weighted by molar-refractivity contribution is -0.122. The number of nitrogens with one attached hydrogen (secondary N) is 3. The molecule has 1 aromatic heterocycles. The Morgan fingerprint density at radius 2 is 1.90 bits per heavy atom. The van der Waals surface area contributed by atoms with Crippen LogP contribution in [0.15, 0.2) is 47.6 Å². The minimum Gasteiger partial charge on any atom is -0.439 e. The van der Waals surface area contributed by atoms with Crippen molar-refractivity contribution in [2.75, 3.05) is 19.6 Å². The van der Waals surface area contributed by atoms with Crippen LogP contribution in [0, 0.1) is 11.7 Å². The van der Waals surface area contributed by atoms with Gasteiger partial charge in [0.1, 0.15) is 11.6 Å². The average Bonchev–Trinajstić information content (AvgIpc) is 3.57. The maximum Gasteiger partial charge on any atom is 0.223 e. The molecule has 0 radical (unpaired) electrons. The van der Waals surface area contributed by atoms with Crippen molar-refractivity contribution in [1.29, 1.82) is 0 Å². The standard InChI is InChI=1S/C21H26FN5O2.HI/c1-2-23-21(26-12-11-25-20(28)16-3-4-16)27-14-15-9-10-24-19(13-15)29-18-7-5-17(22)6-8-18;/h5-10,13,16H,2-4,11-12,14H2,1H3,(H,25,28)(H2,23,26,27);1H. The number of benzene rings is 1. The van der Waals surface area contributed by atoms with E-state index in [4.69, 9.17) is 4.74 Å². The van der Waals surface area contributed by atoms with E-state index >= 15 is 0 Å². The van der Waals surface area contributed by atoms with Crippen molar-refractivity contribution in [3.63, 3.8) is 0 Å². The van der Waals surface area contributed by atoms with Gasteiger partial charge in [0.25, 0.3) is 0 Å². The number of hydrogen-bond donors (Lipinski definition) is 3. The van der Waals surface area contributed by atoms with E-state index in [1.807, 2.05) is 13.0 Å². The van der Waals surface area contributed by atoms with Crippen LogP contribution in [0.3, 0.4) is 0 Å². The molecule has 1 aliphatic rings. The Kier molecular flexibility index (Phi) is 9.78. The van der Waals surface area contributed by atoms with E-state index in [0.29, 0.717) is 37.2 Å². The summed E-state index contributed by atoms with van der Waals surface area (Å²) < 4.78 is 18.7. The fourth-order valence-corrected chi connectivity index (χ4v) is 2.60. The lowest BCUT2D eigenvalue weighted by atomic mass is 10.2. The van der Waals surface area contributed by atoms with Crippen LogP contribution in [0.4, 0.5) is 4.39 Å². The highest BCUT2D eigenvalue weighted by molar-refractivity contribution is 14.0.